The number of benzene rings is 1. The van der Waals surface area contributed by atoms with Crippen LogP contribution >= 0.6 is 11.3 Å². The molecule has 27 heavy (non-hydrogen) atoms. The Morgan fingerprint density at radius 2 is 2.04 bits per heavy atom. The molecule has 1 N–H and O–H groups in total. The molecule has 0 saturated heterocycles. The van der Waals surface area contributed by atoms with Crippen molar-refractivity contribution in [1.29, 1.82) is 0 Å². The van der Waals surface area contributed by atoms with Gasteiger partial charge in [0.2, 0.25) is 17.6 Å². The van der Waals surface area contributed by atoms with Crippen molar-refractivity contribution < 1.29 is 19.2 Å². The van der Waals surface area contributed by atoms with E-state index in [4.69, 9.17) is 4.52 Å². The zero-order valence-electron chi connectivity index (χ0n) is 14.7. The van der Waals surface area contributed by atoms with Gasteiger partial charge in [-0.3, -0.25) is 4.79 Å². The second kappa shape index (κ2) is 8.59. The Hall–Kier alpha value is -3.00. The highest BCUT2D eigenvalue weighted by molar-refractivity contribution is 7.08. The summed E-state index contributed by atoms with van der Waals surface area (Å²) >= 11 is 1.53. The molecule has 2 aromatic heterocycles. The predicted molar refractivity (Wildman–Crippen MR) is 100 cm³/mol. The van der Waals surface area contributed by atoms with Crippen LogP contribution in [0.25, 0.3) is 11.4 Å². The first-order valence-corrected chi connectivity index (χ1v) is 9.40. The number of aliphatic carboxylic acids is 1. The molecule has 1 amide bonds. The van der Waals surface area contributed by atoms with E-state index < -0.39 is 12.0 Å². The van der Waals surface area contributed by atoms with Crippen LogP contribution in [0.5, 0.6) is 0 Å². The highest BCUT2D eigenvalue weighted by Crippen LogP contribution is 2.19. The summed E-state index contributed by atoms with van der Waals surface area (Å²) < 4.78 is 5.20. The number of rotatable bonds is 8. The van der Waals surface area contributed by atoms with Gasteiger partial charge in [-0.15, -0.1) is 0 Å². The largest absolute Gasteiger partial charge is 0.480 e. The summed E-state index contributed by atoms with van der Waals surface area (Å²) in [5, 5.41) is 17.1. The summed E-state index contributed by atoms with van der Waals surface area (Å²) in [5.41, 5.74) is 1.74. The molecule has 0 radical (unpaired) electrons. The summed E-state index contributed by atoms with van der Waals surface area (Å²) in [6.07, 6.45) is 0.351. The van der Waals surface area contributed by atoms with E-state index in [-0.39, 0.29) is 25.3 Å². The number of carboxylic acids is 1. The lowest BCUT2D eigenvalue weighted by molar-refractivity contribution is -0.150. The maximum Gasteiger partial charge on any atom is 0.326 e. The molecule has 0 fully saturated rings. The average Bonchev–Trinajstić information content (AvgIpc) is 3.35. The maximum absolute atomic E-state index is 12.7. The molecule has 0 spiro atoms. The van der Waals surface area contributed by atoms with Gasteiger partial charge in [-0.05, 0) is 23.9 Å². The third-order valence-corrected chi connectivity index (χ3v) is 4.82. The van der Waals surface area contributed by atoms with Crippen molar-refractivity contribution in [3.8, 4) is 11.4 Å². The van der Waals surface area contributed by atoms with Gasteiger partial charge in [0.1, 0.15) is 6.04 Å². The topological polar surface area (TPSA) is 96.5 Å². The Kier molecular flexibility index (Phi) is 5.97. The van der Waals surface area contributed by atoms with Gasteiger partial charge in [0.05, 0.1) is 0 Å². The highest BCUT2D eigenvalue weighted by Gasteiger charge is 2.26. The molecular weight excluding hydrogens is 366 g/mol. The first-order valence-electron chi connectivity index (χ1n) is 8.46. The number of amides is 1. The standard InChI is InChI=1S/C19H19N3O4S/c1-13(19(24)25)22(11-14-5-3-2-4-6-14)17(23)8-7-16-20-18(21-26-16)15-9-10-27-12-15/h2-6,9-10,12-13H,7-8,11H2,1H3,(H,24,25). The summed E-state index contributed by atoms with van der Waals surface area (Å²) in [6, 6.07) is 10.3. The van der Waals surface area contributed by atoms with Crippen molar-refractivity contribution >= 4 is 23.2 Å². The van der Waals surface area contributed by atoms with Crippen LogP contribution < -0.4 is 0 Å². The summed E-state index contributed by atoms with van der Waals surface area (Å²) in [7, 11) is 0. The monoisotopic (exact) mass is 385 g/mol. The number of carbonyl (C=O) groups is 2. The number of hydrogen-bond donors (Lipinski definition) is 1. The lowest BCUT2D eigenvalue weighted by atomic mass is 10.1. The van der Waals surface area contributed by atoms with Crippen LogP contribution in [-0.4, -0.2) is 38.1 Å². The predicted octanol–water partition coefficient (Wildman–Crippen LogP) is 3.23. The molecule has 0 aliphatic carbocycles. The van der Waals surface area contributed by atoms with Crippen LogP contribution in [-0.2, 0) is 22.6 Å². The minimum atomic E-state index is -1.04. The van der Waals surface area contributed by atoms with Gasteiger partial charge >= 0.3 is 5.97 Å². The van der Waals surface area contributed by atoms with E-state index in [9.17, 15) is 14.7 Å². The van der Waals surface area contributed by atoms with E-state index >= 15 is 0 Å². The number of carboxylic acid groups (broad SMARTS) is 1. The van der Waals surface area contributed by atoms with Crippen LogP contribution in [0.1, 0.15) is 24.8 Å². The number of nitrogens with zero attached hydrogens (tertiary/aromatic N) is 3. The van der Waals surface area contributed by atoms with Crippen molar-refractivity contribution in [3.05, 3.63) is 58.6 Å². The van der Waals surface area contributed by atoms with Gasteiger partial charge in [-0.25, -0.2) is 4.79 Å². The summed E-state index contributed by atoms with van der Waals surface area (Å²) in [4.78, 5) is 29.7. The van der Waals surface area contributed by atoms with Gasteiger partial charge in [0.25, 0.3) is 0 Å². The molecule has 1 unspecified atom stereocenters. The number of aryl methyl sites for hydroxylation is 1. The Labute approximate surface area is 160 Å². The third kappa shape index (κ3) is 4.79. The number of thiophene rings is 1. The minimum absolute atomic E-state index is 0.0930. The van der Waals surface area contributed by atoms with Crippen molar-refractivity contribution in [2.75, 3.05) is 0 Å². The normalized spacial score (nSPS) is 11.9. The van der Waals surface area contributed by atoms with Gasteiger partial charge in [0, 0.05) is 30.3 Å². The first kappa shape index (κ1) is 18.8. The molecule has 3 aromatic rings. The number of hydrogen-bond acceptors (Lipinski definition) is 6. The van der Waals surface area contributed by atoms with Crippen LogP contribution in [0.3, 0.4) is 0 Å². The molecule has 140 valence electrons. The van der Waals surface area contributed by atoms with Crippen LogP contribution in [0.15, 0.2) is 51.7 Å². The van der Waals surface area contributed by atoms with E-state index in [2.05, 4.69) is 10.1 Å². The van der Waals surface area contributed by atoms with Crippen LogP contribution in [0, 0.1) is 0 Å². The molecule has 0 aliphatic rings. The van der Waals surface area contributed by atoms with Gasteiger partial charge in [-0.2, -0.15) is 16.3 Å². The van der Waals surface area contributed by atoms with Gasteiger partial charge in [0.15, 0.2) is 0 Å². The molecule has 3 rings (SSSR count). The van der Waals surface area contributed by atoms with E-state index in [1.807, 2.05) is 47.2 Å². The smallest absolute Gasteiger partial charge is 0.326 e. The van der Waals surface area contributed by atoms with E-state index in [0.717, 1.165) is 11.1 Å². The molecule has 1 aromatic carbocycles. The molecule has 0 aliphatic heterocycles. The fraction of sp³-hybridized carbons (Fsp3) is 0.263. The molecular formula is C19H19N3O4S. The lowest BCUT2D eigenvalue weighted by Gasteiger charge is -2.26. The van der Waals surface area contributed by atoms with Crippen molar-refractivity contribution in [3.63, 3.8) is 0 Å². The van der Waals surface area contributed by atoms with Gasteiger partial charge in [-0.1, -0.05) is 35.5 Å². The molecule has 1 atom stereocenters. The molecule has 2 heterocycles. The SMILES string of the molecule is CC(C(=O)O)N(Cc1ccccc1)C(=O)CCc1nc(-c2ccsc2)no1. The van der Waals surface area contributed by atoms with Gasteiger partial charge < -0.3 is 14.5 Å². The quantitative estimate of drug-likeness (QED) is 0.639. The fourth-order valence-electron chi connectivity index (χ4n) is 2.58. The lowest BCUT2D eigenvalue weighted by Crippen LogP contribution is -2.42. The van der Waals surface area contributed by atoms with Crippen molar-refractivity contribution in [1.82, 2.24) is 15.0 Å². The Morgan fingerprint density at radius 3 is 2.70 bits per heavy atom. The van der Waals surface area contributed by atoms with Crippen molar-refractivity contribution in [2.24, 2.45) is 0 Å². The third-order valence-electron chi connectivity index (χ3n) is 4.14. The Bertz CT molecular complexity index is 893. The van der Waals surface area contributed by atoms with E-state index in [0.29, 0.717) is 11.7 Å². The number of carbonyl (C=O) groups excluding carboxylic acids is 1. The van der Waals surface area contributed by atoms with Crippen LogP contribution in [0.4, 0.5) is 0 Å². The first-order chi connectivity index (χ1) is 13.0. The Morgan fingerprint density at radius 1 is 1.26 bits per heavy atom. The molecule has 8 heteroatoms. The average molecular weight is 385 g/mol. The van der Waals surface area contributed by atoms with E-state index in [1.165, 1.54) is 23.2 Å². The van der Waals surface area contributed by atoms with Crippen molar-refractivity contribution in [2.45, 2.75) is 32.4 Å². The molecule has 7 nitrogen and oxygen atoms in total. The maximum atomic E-state index is 12.7. The molecule has 0 bridgehead atoms. The number of aromatic nitrogens is 2. The second-order valence-corrected chi connectivity index (χ2v) is 6.83. The molecule has 0 saturated carbocycles. The zero-order valence-corrected chi connectivity index (χ0v) is 15.6. The second-order valence-electron chi connectivity index (χ2n) is 6.05. The Balaban J connectivity index is 1.66. The minimum Gasteiger partial charge on any atom is -0.480 e. The fourth-order valence-corrected chi connectivity index (χ4v) is 3.21. The van der Waals surface area contributed by atoms with Crippen LogP contribution in [0.2, 0.25) is 0 Å². The summed E-state index contributed by atoms with van der Waals surface area (Å²) in [6.45, 7) is 1.74. The van der Waals surface area contributed by atoms with E-state index in [1.54, 1.807) is 0 Å². The highest BCUT2D eigenvalue weighted by atomic mass is 32.1. The summed E-state index contributed by atoms with van der Waals surface area (Å²) in [5.74, 6) is -0.480. The zero-order chi connectivity index (χ0) is 19.2.